The standard InChI is InChI=1S/C15H23N3O2/c1-5-17(3)14(19)12-7-6-8-13(11-12)15(20)18(4)10-9-16-2/h6-8,11,16H,5,9-10H2,1-4H3. The molecule has 0 unspecified atom stereocenters. The van der Waals surface area contributed by atoms with E-state index in [2.05, 4.69) is 5.32 Å². The van der Waals surface area contributed by atoms with Crippen molar-refractivity contribution in [3.8, 4) is 0 Å². The van der Waals surface area contributed by atoms with E-state index < -0.39 is 0 Å². The molecule has 0 aliphatic carbocycles. The highest BCUT2D eigenvalue weighted by molar-refractivity contribution is 5.99. The van der Waals surface area contributed by atoms with E-state index in [0.717, 1.165) is 6.54 Å². The number of hydrogen-bond donors (Lipinski definition) is 1. The van der Waals surface area contributed by atoms with Crippen molar-refractivity contribution in [2.75, 3.05) is 40.8 Å². The third-order valence-corrected chi connectivity index (χ3v) is 3.22. The van der Waals surface area contributed by atoms with Gasteiger partial charge in [-0.2, -0.15) is 0 Å². The van der Waals surface area contributed by atoms with Crippen LogP contribution in [0.1, 0.15) is 27.6 Å². The third-order valence-electron chi connectivity index (χ3n) is 3.22. The lowest BCUT2D eigenvalue weighted by Gasteiger charge is -2.18. The second-order valence-corrected chi connectivity index (χ2v) is 4.73. The number of rotatable bonds is 6. The molecule has 0 saturated heterocycles. The molecule has 0 heterocycles. The molecule has 1 aromatic carbocycles. The van der Waals surface area contributed by atoms with E-state index in [1.807, 2.05) is 14.0 Å². The summed E-state index contributed by atoms with van der Waals surface area (Å²) < 4.78 is 0. The topological polar surface area (TPSA) is 52.7 Å². The molecule has 110 valence electrons. The predicted molar refractivity (Wildman–Crippen MR) is 80.0 cm³/mol. The van der Waals surface area contributed by atoms with Gasteiger partial charge in [0, 0.05) is 44.9 Å². The Kier molecular flexibility index (Phi) is 6.18. The van der Waals surface area contributed by atoms with E-state index in [-0.39, 0.29) is 11.8 Å². The predicted octanol–water partition coefficient (Wildman–Crippen LogP) is 1.07. The number of hydrogen-bond acceptors (Lipinski definition) is 3. The molecule has 1 rings (SSSR count). The molecule has 5 nitrogen and oxygen atoms in total. The first-order valence-corrected chi connectivity index (χ1v) is 6.76. The van der Waals surface area contributed by atoms with Crippen LogP contribution < -0.4 is 5.32 Å². The van der Waals surface area contributed by atoms with Crippen molar-refractivity contribution >= 4 is 11.8 Å². The summed E-state index contributed by atoms with van der Waals surface area (Å²) in [7, 11) is 5.35. The molecule has 0 atom stereocenters. The SMILES string of the molecule is CCN(C)C(=O)c1cccc(C(=O)N(C)CCNC)c1. The van der Waals surface area contributed by atoms with Gasteiger partial charge in [-0.1, -0.05) is 6.07 Å². The molecule has 0 radical (unpaired) electrons. The molecule has 0 spiro atoms. The summed E-state index contributed by atoms with van der Waals surface area (Å²) in [6, 6.07) is 6.88. The van der Waals surface area contributed by atoms with Crippen LogP contribution in [0.2, 0.25) is 0 Å². The molecular weight excluding hydrogens is 254 g/mol. The summed E-state index contributed by atoms with van der Waals surface area (Å²) in [4.78, 5) is 27.6. The number of likely N-dealkylation sites (N-methyl/N-ethyl adjacent to an activating group) is 2. The largest absolute Gasteiger partial charge is 0.342 e. The van der Waals surface area contributed by atoms with Gasteiger partial charge in [0.05, 0.1) is 0 Å². The zero-order chi connectivity index (χ0) is 15.1. The van der Waals surface area contributed by atoms with Crippen LogP contribution >= 0.6 is 0 Å². The number of carbonyl (C=O) groups is 2. The summed E-state index contributed by atoms with van der Waals surface area (Å²) in [6.45, 7) is 3.92. The lowest BCUT2D eigenvalue weighted by molar-refractivity contribution is 0.0796. The zero-order valence-electron chi connectivity index (χ0n) is 12.6. The summed E-state index contributed by atoms with van der Waals surface area (Å²) in [5.41, 5.74) is 1.08. The highest BCUT2D eigenvalue weighted by Gasteiger charge is 2.15. The van der Waals surface area contributed by atoms with Crippen molar-refractivity contribution in [2.24, 2.45) is 0 Å². The lowest BCUT2D eigenvalue weighted by atomic mass is 10.1. The zero-order valence-corrected chi connectivity index (χ0v) is 12.6. The first-order chi connectivity index (χ1) is 9.51. The maximum atomic E-state index is 12.2. The van der Waals surface area contributed by atoms with Gasteiger partial charge >= 0.3 is 0 Å². The molecule has 5 heteroatoms. The highest BCUT2D eigenvalue weighted by atomic mass is 16.2. The van der Waals surface area contributed by atoms with Crippen LogP contribution in [-0.4, -0.2) is 62.4 Å². The van der Waals surface area contributed by atoms with E-state index in [0.29, 0.717) is 24.2 Å². The first kappa shape index (κ1) is 16.2. The molecule has 20 heavy (non-hydrogen) atoms. The van der Waals surface area contributed by atoms with Crippen LogP contribution in [-0.2, 0) is 0 Å². The lowest BCUT2D eigenvalue weighted by Crippen LogP contribution is -2.33. The molecule has 0 aliphatic rings. The fourth-order valence-electron chi connectivity index (χ4n) is 1.75. The van der Waals surface area contributed by atoms with Crippen LogP contribution in [0.4, 0.5) is 0 Å². The van der Waals surface area contributed by atoms with Gasteiger partial charge in [-0.15, -0.1) is 0 Å². The van der Waals surface area contributed by atoms with Crippen molar-refractivity contribution in [1.29, 1.82) is 0 Å². The molecule has 0 saturated carbocycles. The van der Waals surface area contributed by atoms with Gasteiger partial charge in [-0.25, -0.2) is 0 Å². The van der Waals surface area contributed by atoms with Crippen molar-refractivity contribution in [1.82, 2.24) is 15.1 Å². The van der Waals surface area contributed by atoms with Crippen molar-refractivity contribution < 1.29 is 9.59 Å². The molecule has 0 fully saturated rings. The van der Waals surface area contributed by atoms with Crippen LogP contribution in [0.15, 0.2) is 24.3 Å². The average molecular weight is 277 g/mol. The van der Waals surface area contributed by atoms with E-state index in [1.54, 1.807) is 48.2 Å². The third kappa shape index (κ3) is 4.06. The molecule has 1 aromatic rings. The first-order valence-electron chi connectivity index (χ1n) is 6.76. The number of amides is 2. The van der Waals surface area contributed by atoms with Gasteiger partial charge in [0.15, 0.2) is 0 Å². The van der Waals surface area contributed by atoms with Crippen LogP contribution in [0, 0.1) is 0 Å². The molecule has 2 amide bonds. The Labute approximate surface area is 120 Å². The van der Waals surface area contributed by atoms with Gasteiger partial charge in [-0.05, 0) is 32.2 Å². The smallest absolute Gasteiger partial charge is 0.253 e. The quantitative estimate of drug-likeness (QED) is 0.846. The number of nitrogens with one attached hydrogen (secondary N) is 1. The monoisotopic (exact) mass is 277 g/mol. The van der Waals surface area contributed by atoms with E-state index in [9.17, 15) is 9.59 Å². The van der Waals surface area contributed by atoms with E-state index >= 15 is 0 Å². The Morgan fingerprint density at radius 2 is 1.65 bits per heavy atom. The molecule has 0 aliphatic heterocycles. The fourth-order valence-corrected chi connectivity index (χ4v) is 1.75. The number of benzene rings is 1. The maximum Gasteiger partial charge on any atom is 0.253 e. The Morgan fingerprint density at radius 3 is 2.15 bits per heavy atom. The molecule has 0 bridgehead atoms. The van der Waals surface area contributed by atoms with Crippen LogP contribution in [0.3, 0.4) is 0 Å². The number of carbonyl (C=O) groups excluding carboxylic acids is 2. The fraction of sp³-hybridized carbons (Fsp3) is 0.467. The summed E-state index contributed by atoms with van der Waals surface area (Å²) in [5, 5.41) is 3.00. The Hall–Kier alpha value is -1.88. The minimum Gasteiger partial charge on any atom is -0.342 e. The molecule has 1 N–H and O–H groups in total. The summed E-state index contributed by atoms with van der Waals surface area (Å²) in [5.74, 6) is -0.144. The van der Waals surface area contributed by atoms with Crippen LogP contribution in [0.25, 0.3) is 0 Å². The summed E-state index contributed by atoms with van der Waals surface area (Å²) >= 11 is 0. The second kappa shape index (κ2) is 7.65. The summed E-state index contributed by atoms with van der Waals surface area (Å²) in [6.07, 6.45) is 0. The van der Waals surface area contributed by atoms with Gasteiger partial charge < -0.3 is 15.1 Å². The normalized spacial score (nSPS) is 10.2. The Bertz CT molecular complexity index is 474. The van der Waals surface area contributed by atoms with Gasteiger partial charge in [0.2, 0.25) is 0 Å². The van der Waals surface area contributed by atoms with Crippen molar-refractivity contribution in [3.05, 3.63) is 35.4 Å². The Morgan fingerprint density at radius 1 is 1.10 bits per heavy atom. The highest BCUT2D eigenvalue weighted by Crippen LogP contribution is 2.10. The van der Waals surface area contributed by atoms with Crippen molar-refractivity contribution in [3.63, 3.8) is 0 Å². The van der Waals surface area contributed by atoms with E-state index in [4.69, 9.17) is 0 Å². The second-order valence-electron chi connectivity index (χ2n) is 4.73. The minimum absolute atomic E-state index is 0.0694. The van der Waals surface area contributed by atoms with Gasteiger partial charge in [0.1, 0.15) is 0 Å². The van der Waals surface area contributed by atoms with Crippen molar-refractivity contribution in [2.45, 2.75) is 6.92 Å². The molecule has 0 aromatic heterocycles. The Balaban J connectivity index is 2.87. The average Bonchev–Trinajstić information content (AvgIpc) is 2.50. The minimum atomic E-state index is -0.0750. The van der Waals surface area contributed by atoms with E-state index in [1.165, 1.54) is 0 Å². The van der Waals surface area contributed by atoms with Gasteiger partial charge in [0.25, 0.3) is 11.8 Å². The number of nitrogens with zero attached hydrogens (tertiary/aromatic N) is 2. The molecular formula is C15H23N3O2. The maximum absolute atomic E-state index is 12.2. The van der Waals surface area contributed by atoms with Crippen LogP contribution in [0.5, 0.6) is 0 Å². The van der Waals surface area contributed by atoms with Gasteiger partial charge in [-0.3, -0.25) is 9.59 Å².